The molecular weight excluding hydrogens is 424 g/mol. The Morgan fingerprint density at radius 1 is 1.03 bits per heavy atom. The Balaban J connectivity index is 1.83. The summed E-state index contributed by atoms with van der Waals surface area (Å²) >= 11 is 6.12. The molecule has 158 valence electrons. The van der Waals surface area contributed by atoms with E-state index in [-0.39, 0.29) is 15.8 Å². The van der Waals surface area contributed by atoms with Crippen molar-refractivity contribution >= 4 is 27.3 Å². The Morgan fingerprint density at radius 3 is 2.37 bits per heavy atom. The normalized spacial score (nSPS) is 15.1. The van der Waals surface area contributed by atoms with Gasteiger partial charge in [-0.25, -0.2) is 8.42 Å². The average Bonchev–Trinajstić information content (AvgIpc) is 3.04. The molecule has 0 radical (unpaired) electrons. The number of hydrogen-bond donors (Lipinski definition) is 0. The highest BCUT2D eigenvalue weighted by atomic mass is 35.5. The number of hydrogen-bond acceptors (Lipinski definition) is 6. The highest BCUT2D eigenvalue weighted by Gasteiger charge is 2.31. The van der Waals surface area contributed by atoms with Gasteiger partial charge < -0.3 is 14.1 Å². The number of aromatic nitrogens is 1. The molecule has 8 heteroatoms. The highest BCUT2D eigenvalue weighted by molar-refractivity contribution is 7.91. The number of benzene rings is 2. The van der Waals surface area contributed by atoms with Crippen LogP contribution in [0.5, 0.6) is 5.75 Å². The van der Waals surface area contributed by atoms with E-state index < -0.39 is 9.84 Å². The van der Waals surface area contributed by atoms with Gasteiger partial charge in [-0.3, -0.25) is 0 Å². The van der Waals surface area contributed by atoms with Crippen molar-refractivity contribution in [2.45, 2.75) is 35.6 Å². The lowest BCUT2D eigenvalue weighted by Gasteiger charge is -2.20. The van der Waals surface area contributed by atoms with Crippen molar-refractivity contribution in [3.8, 4) is 17.2 Å². The van der Waals surface area contributed by atoms with Crippen molar-refractivity contribution in [3.05, 3.63) is 53.6 Å². The molecule has 1 saturated heterocycles. The minimum absolute atomic E-state index is 0.0652. The van der Waals surface area contributed by atoms with E-state index in [1.165, 1.54) is 19.2 Å². The van der Waals surface area contributed by atoms with Crippen molar-refractivity contribution in [2.24, 2.45) is 0 Å². The number of halogens is 1. The molecule has 2 heterocycles. The van der Waals surface area contributed by atoms with Crippen molar-refractivity contribution < 1.29 is 17.6 Å². The summed E-state index contributed by atoms with van der Waals surface area (Å²) in [5, 5.41) is 0.464. The van der Waals surface area contributed by atoms with Gasteiger partial charge in [0.05, 0.1) is 12.0 Å². The summed E-state index contributed by atoms with van der Waals surface area (Å²) in [6.45, 7) is 1.46. The number of methoxy groups -OCH3 is 1. The number of sulfone groups is 1. The fourth-order valence-corrected chi connectivity index (χ4v) is 5.07. The second kappa shape index (κ2) is 8.70. The molecule has 1 aliphatic rings. The molecule has 3 aromatic rings. The number of rotatable bonds is 5. The van der Waals surface area contributed by atoms with Crippen LogP contribution in [-0.4, -0.2) is 33.6 Å². The van der Waals surface area contributed by atoms with Gasteiger partial charge in [0, 0.05) is 23.7 Å². The Morgan fingerprint density at radius 2 is 1.73 bits per heavy atom. The maximum Gasteiger partial charge on any atom is 0.236 e. The third-order valence-electron chi connectivity index (χ3n) is 5.17. The monoisotopic (exact) mass is 446 g/mol. The minimum atomic E-state index is -3.89. The number of oxazole rings is 1. The summed E-state index contributed by atoms with van der Waals surface area (Å²) in [6, 6.07) is 13.3. The van der Waals surface area contributed by atoms with Crippen LogP contribution in [0.2, 0.25) is 5.02 Å². The van der Waals surface area contributed by atoms with Crippen molar-refractivity contribution in [1.82, 2.24) is 4.98 Å². The molecule has 1 aliphatic heterocycles. The van der Waals surface area contributed by atoms with E-state index in [9.17, 15) is 8.42 Å². The molecule has 0 aliphatic carbocycles. The molecule has 0 amide bonds. The largest absolute Gasteiger partial charge is 0.497 e. The zero-order chi connectivity index (χ0) is 21.1. The third kappa shape index (κ3) is 4.18. The van der Waals surface area contributed by atoms with Crippen LogP contribution in [0.1, 0.15) is 25.7 Å². The van der Waals surface area contributed by atoms with Gasteiger partial charge in [0.1, 0.15) is 5.75 Å². The van der Waals surface area contributed by atoms with Gasteiger partial charge in [0.2, 0.25) is 26.6 Å². The van der Waals surface area contributed by atoms with Gasteiger partial charge in [0.15, 0.2) is 0 Å². The predicted molar refractivity (Wildman–Crippen MR) is 116 cm³/mol. The van der Waals surface area contributed by atoms with Crippen LogP contribution in [0, 0.1) is 0 Å². The van der Waals surface area contributed by atoms with Gasteiger partial charge in [-0.15, -0.1) is 0 Å². The van der Waals surface area contributed by atoms with Crippen LogP contribution < -0.4 is 9.64 Å². The van der Waals surface area contributed by atoms with Gasteiger partial charge >= 0.3 is 0 Å². The molecule has 1 fully saturated rings. The van der Waals surface area contributed by atoms with E-state index in [4.69, 9.17) is 20.8 Å². The van der Waals surface area contributed by atoms with Crippen molar-refractivity contribution in [2.75, 3.05) is 25.1 Å². The molecule has 0 spiro atoms. The Bertz CT molecular complexity index is 1120. The number of ether oxygens (including phenoxy) is 1. The van der Waals surface area contributed by atoms with E-state index >= 15 is 0 Å². The third-order valence-corrected chi connectivity index (χ3v) is 7.07. The van der Waals surface area contributed by atoms with Crippen LogP contribution in [0.15, 0.2) is 62.9 Å². The minimum Gasteiger partial charge on any atom is -0.497 e. The number of anilines is 1. The van der Waals surface area contributed by atoms with Crippen molar-refractivity contribution in [3.63, 3.8) is 0 Å². The summed E-state index contributed by atoms with van der Waals surface area (Å²) in [5.41, 5.74) is 0.634. The van der Waals surface area contributed by atoms with Crippen LogP contribution in [0.4, 0.5) is 5.88 Å². The predicted octanol–water partition coefficient (Wildman–Crippen LogP) is 5.22. The lowest BCUT2D eigenvalue weighted by atomic mass is 10.2. The molecule has 1 aromatic heterocycles. The van der Waals surface area contributed by atoms with Gasteiger partial charge in [-0.1, -0.05) is 30.5 Å². The summed E-state index contributed by atoms with van der Waals surface area (Å²) < 4.78 is 38.2. The first kappa shape index (κ1) is 20.8. The van der Waals surface area contributed by atoms with Crippen LogP contribution in [0.3, 0.4) is 0 Å². The first-order valence-corrected chi connectivity index (χ1v) is 11.8. The molecule has 0 saturated carbocycles. The lowest BCUT2D eigenvalue weighted by Crippen LogP contribution is -2.25. The van der Waals surface area contributed by atoms with E-state index in [2.05, 4.69) is 4.98 Å². The SMILES string of the molecule is COc1ccc(S(=O)(=O)c2nc(-c3cccc(Cl)c3)oc2N2CCCCCC2)cc1. The smallest absolute Gasteiger partial charge is 0.236 e. The molecule has 6 nitrogen and oxygen atoms in total. The highest BCUT2D eigenvalue weighted by Crippen LogP contribution is 2.36. The summed E-state index contributed by atoms with van der Waals surface area (Å²) in [5.74, 6) is 1.12. The van der Waals surface area contributed by atoms with E-state index in [0.29, 0.717) is 22.2 Å². The maximum atomic E-state index is 13.5. The molecule has 0 atom stereocenters. The average molecular weight is 447 g/mol. The van der Waals surface area contributed by atoms with Crippen LogP contribution in [0.25, 0.3) is 11.5 Å². The fourth-order valence-electron chi connectivity index (χ4n) is 3.56. The zero-order valence-corrected chi connectivity index (χ0v) is 18.2. The first-order chi connectivity index (χ1) is 14.5. The first-order valence-electron chi connectivity index (χ1n) is 9.90. The molecule has 0 unspecified atom stereocenters. The molecule has 4 rings (SSSR count). The second-order valence-electron chi connectivity index (χ2n) is 7.22. The molecule has 0 N–H and O–H groups in total. The standard InChI is InChI=1S/C22H23ClN2O4S/c1-28-18-9-11-19(12-10-18)30(26,27)21-22(25-13-4-2-3-5-14-25)29-20(24-21)16-7-6-8-17(23)15-16/h6-12,15H,2-5,13-14H2,1H3. The van der Waals surface area contributed by atoms with Gasteiger partial charge in [-0.05, 0) is 55.3 Å². The molecule has 30 heavy (non-hydrogen) atoms. The molecule has 2 aromatic carbocycles. The van der Waals surface area contributed by atoms with Crippen LogP contribution in [-0.2, 0) is 9.84 Å². The fraction of sp³-hybridized carbons (Fsp3) is 0.318. The quantitative estimate of drug-likeness (QED) is 0.535. The van der Waals surface area contributed by atoms with Gasteiger partial charge in [0.25, 0.3) is 0 Å². The van der Waals surface area contributed by atoms with Crippen LogP contribution >= 0.6 is 11.6 Å². The summed E-state index contributed by atoms with van der Waals surface area (Å²) in [4.78, 5) is 6.57. The topological polar surface area (TPSA) is 72.6 Å². The molecular formula is C22H23ClN2O4S. The zero-order valence-electron chi connectivity index (χ0n) is 16.7. The van der Waals surface area contributed by atoms with Gasteiger partial charge in [-0.2, -0.15) is 4.98 Å². The summed E-state index contributed by atoms with van der Waals surface area (Å²) in [6.07, 6.45) is 4.20. The second-order valence-corrected chi connectivity index (χ2v) is 9.52. The summed E-state index contributed by atoms with van der Waals surface area (Å²) in [7, 11) is -2.35. The Labute approximate surface area is 181 Å². The van der Waals surface area contributed by atoms with E-state index in [0.717, 1.165) is 38.8 Å². The molecule has 0 bridgehead atoms. The maximum absolute atomic E-state index is 13.5. The number of nitrogens with zero attached hydrogens (tertiary/aromatic N) is 2. The van der Waals surface area contributed by atoms with E-state index in [1.54, 1.807) is 36.4 Å². The Hall–Kier alpha value is -2.51. The Kier molecular flexibility index (Phi) is 6.01. The lowest BCUT2D eigenvalue weighted by molar-refractivity contribution is 0.414. The van der Waals surface area contributed by atoms with E-state index in [1.807, 2.05) is 4.90 Å². The van der Waals surface area contributed by atoms with Crippen molar-refractivity contribution in [1.29, 1.82) is 0 Å².